The Morgan fingerprint density at radius 1 is 0.654 bits per heavy atom. The summed E-state index contributed by atoms with van der Waals surface area (Å²) in [5.74, 6) is -3.51. The van der Waals surface area contributed by atoms with Crippen LogP contribution in [0.5, 0.6) is 11.5 Å². The maximum Gasteiger partial charge on any atom is 0.407 e. The summed E-state index contributed by atoms with van der Waals surface area (Å²) in [5, 5.41) is 25.9. The van der Waals surface area contributed by atoms with Crippen LogP contribution >= 0.6 is 0 Å². The molecule has 1 aliphatic rings. The van der Waals surface area contributed by atoms with Crippen molar-refractivity contribution in [2.45, 2.75) is 136 Å². The van der Waals surface area contributed by atoms with Crippen LogP contribution in [0, 0.1) is 6.92 Å². The number of alkyl carbamates (subject to hydrolysis) is 3. The minimum atomic E-state index is -1.55. The third-order valence-electron chi connectivity index (χ3n) is 12.1. The molecule has 5 rings (SSSR count). The Hall–Kier alpha value is -8.40. The molecule has 8 amide bonds. The lowest BCUT2D eigenvalue weighted by atomic mass is 9.93. The van der Waals surface area contributed by atoms with E-state index in [1.807, 2.05) is 31.2 Å². The second-order valence-corrected chi connectivity index (χ2v) is 22.5. The molecule has 4 bridgehead atoms. The van der Waals surface area contributed by atoms with Crippen molar-refractivity contribution in [3.8, 4) is 33.8 Å². The zero-order chi connectivity index (χ0) is 59.8. The molecule has 0 fully saturated rings. The number of benzene rings is 4. The Labute approximate surface area is 473 Å². The first-order chi connectivity index (χ1) is 38.0. The number of amides is 8. The van der Waals surface area contributed by atoms with Crippen molar-refractivity contribution in [3.05, 3.63) is 107 Å². The number of rotatable bonds is 18. The highest BCUT2D eigenvalue weighted by Crippen LogP contribution is 2.40. The summed E-state index contributed by atoms with van der Waals surface area (Å²) in [6, 6.07) is 18.8. The summed E-state index contributed by atoms with van der Waals surface area (Å²) in [5.41, 5.74) is 3.68. The molecular weight excluding hydrogens is 1040 g/mol. The first-order valence-corrected chi connectivity index (χ1v) is 26.7. The summed E-state index contributed by atoms with van der Waals surface area (Å²) < 4.78 is 28.8. The number of hydrogen-bond donors (Lipinski definition) is 8. The standard InChI is InChI=1S/C59H78N8O14/c1-35-15-18-38(19-16-35)39-20-22-40(23-21-39)50(69)64-44(14-13-27-60-54(73)79-57(3,4)5)53(72)67(12)48-41-24-26-47(78-31-29-62-56(75)81-59(9,10)11)43(34-41)42-32-37(17-25-46(42)77-30-28-61-55(74)80-58(6,7)8)33-45(51(70)66-76)65-49(68)36(2)63-52(48)71/h15-26,32,34,36,44-45,48,76H,13-14,27-31,33H2,1-12H3,(H,60,73)(H,61,74)(H,62,75)(H,63,71)(H,64,69)(H,65,68)(H,66,70)/t36-,44-,45-,48-/m0/s1. The lowest BCUT2D eigenvalue weighted by molar-refractivity contribution is -0.142. The molecule has 22 heteroatoms. The fraction of sp³-hybridized carbons (Fsp3) is 0.458. The van der Waals surface area contributed by atoms with Gasteiger partial charge < -0.3 is 60.5 Å². The third kappa shape index (κ3) is 20.0. The molecule has 8 N–H and O–H groups in total. The molecule has 438 valence electrons. The summed E-state index contributed by atoms with van der Waals surface area (Å²) in [7, 11) is 1.37. The molecule has 0 unspecified atom stereocenters. The van der Waals surface area contributed by atoms with Gasteiger partial charge in [0.25, 0.3) is 11.8 Å². The number of hydrogen-bond acceptors (Lipinski definition) is 14. The Balaban J connectivity index is 1.61. The van der Waals surface area contributed by atoms with E-state index in [0.29, 0.717) is 16.7 Å². The van der Waals surface area contributed by atoms with E-state index in [2.05, 4.69) is 31.9 Å². The first-order valence-electron chi connectivity index (χ1n) is 26.7. The van der Waals surface area contributed by atoms with Crippen LogP contribution in [0.25, 0.3) is 22.3 Å². The number of hydroxylamine groups is 1. The van der Waals surface area contributed by atoms with Gasteiger partial charge in [-0.1, -0.05) is 54.1 Å². The topological polar surface area (TPSA) is 290 Å². The minimum absolute atomic E-state index is 0.00145. The molecule has 4 atom stereocenters. The zero-order valence-corrected chi connectivity index (χ0v) is 48.3. The predicted octanol–water partition coefficient (Wildman–Crippen LogP) is 6.79. The average Bonchev–Trinajstić information content (AvgIpc) is 3.43. The van der Waals surface area contributed by atoms with Gasteiger partial charge in [0.1, 0.15) is 65.7 Å². The second kappa shape index (κ2) is 28.1. The number of fused-ring (bicyclic) bond motifs is 5. The summed E-state index contributed by atoms with van der Waals surface area (Å²) in [6.07, 6.45) is -2.07. The summed E-state index contributed by atoms with van der Waals surface area (Å²) in [4.78, 5) is 110. The molecule has 4 aromatic carbocycles. The third-order valence-corrected chi connectivity index (χ3v) is 12.1. The molecule has 0 aromatic heterocycles. The summed E-state index contributed by atoms with van der Waals surface area (Å²) >= 11 is 0. The number of nitrogens with one attached hydrogen (secondary N) is 7. The lowest BCUT2D eigenvalue weighted by Gasteiger charge is -2.33. The molecule has 1 aliphatic heterocycles. The van der Waals surface area contributed by atoms with Gasteiger partial charge in [0, 0.05) is 36.7 Å². The van der Waals surface area contributed by atoms with Crippen LogP contribution < -0.4 is 46.9 Å². The Bertz CT molecular complexity index is 2870. The van der Waals surface area contributed by atoms with Gasteiger partial charge in [0.2, 0.25) is 17.7 Å². The quantitative estimate of drug-likeness (QED) is 0.0220. The van der Waals surface area contributed by atoms with E-state index in [-0.39, 0.29) is 74.7 Å². The van der Waals surface area contributed by atoms with E-state index in [1.54, 1.807) is 128 Å². The SMILES string of the molecule is Cc1ccc(-c2ccc(C(=O)N[C@@H](CCCNC(=O)OC(C)(C)C)C(=O)N(C)[C@@H]3C(=O)N[C@@H](C)C(=O)N[C@H](C(=O)NO)Cc4ccc(OCCNC(=O)OC(C)(C)C)c(c4)-c4cc3ccc4OCCNC(=O)OC(C)(C)C)cc2)cc1. The Kier molecular flexibility index (Phi) is 22.0. The van der Waals surface area contributed by atoms with Crippen LogP contribution in [0.2, 0.25) is 0 Å². The van der Waals surface area contributed by atoms with Crippen LogP contribution in [0.4, 0.5) is 14.4 Å². The van der Waals surface area contributed by atoms with Crippen molar-refractivity contribution in [1.82, 2.24) is 42.3 Å². The second-order valence-electron chi connectivity index (χ2n) is 22.5. The van der Waals surface area contributed by atoms with Gasteiger partial charge in [-0.3, -0.25) is 29.2 Å². The van der Waals surface area contributed by atoms with Gasteiger partial charge in [-0.2, -0.15) is 0 Å². The highest BCUT2D eigenvalue weighted by atomic mass is 16.6. The van der Waals surface area contributed by atoms with Gasteiger partial charge in [-0.05, 0) is 148 Å². The average molecular weight is 1120 g/mol. The van der Waals surface area contributed by atoms with Crippen LogP contribution in [0.15, 0.2) is 84.9 Å². The van der Waals surface area contributed by atoms with Gasteiger partial charge in [-0.25, -0.2) is 19.9 Å². The van der Waals surface area contributed by atoms with Crippen molar-refractivity contribution in [1.29, 1.82) is 0 Å². The van der Waals surface area contributed by atoms with Crippen LogP contribution in [0.1, 0.15) is 115 Å². The van der Waals surface area contributed by atoms with Gasteiger partial charge in [0.05, 0.1) is 13.1 Å². The minimum Gasteiger partial charge on any atom is -0.491 e. The van der Waals surface area contributed by atoms with Crippen LogP contribution in [-0.4, -0.2) is 133 Å². The van der Waals surface area contributed by atoms with Crippen molar-refractivity contribution in [2.24, 2.45) is 0 Å². The number of aryl methyl sites for hydroxylation is 1. The molecule has 4 aromatic rings. The van der Waals surface area contributed by atoms with Gasteiger partial charge in [-0.15, -0.1) is 0 Å². The molecule has 0 saturated heterocycles. The Morgan fingerprint density at radius 3 is 1.67 bits per heavy atom. The molecule has 0 radical (unpaired) electrons. The maximum atomic E-state index is 15.2. The lowest BCUT2D eigenvalue weighted by Crippen LogP contribution is -2.55. The van der Waals surface area contributed by atoms with Gasteiger partial charge in [0.15, 0.2) is 0 Å². The van der Waals surface area contributed by atoms with E-state index < -0.39 is 88.8 Å². The first kappa shape index (κ1) is 63.4. The number of nitrogens with zero attached hydrogens (tertiary/aromatic N) is 1. The molecular formula is C59H78N8O14. The van der Waals surface area contributed by atoms with Crippen molar-refractivity contribution in [2.75, 3.05) is 39.9 Å². The molecule has 0 spiro atoms. The normalized spacial score (nSPS) is 15.9. The van der Waals surface area contributed by atoms with E-state index in [1.165, 1.54) is 14.0 Å². The highest BCUT2D eigenvalue weighted by Gasteiger charge is 2.36. The molecule has 22 nitrogen and oxygen atoms in total. The highest BCUT2D eigenvalue weighted by molar-refractivity contribution is 5.99. The van der Waals surface area contributed by atoms with Crippen molar-refractivity contribution in [3.63, 3.8) is 0 Å². The largest absolute Gasteiger partial charge is 0.491 e. The van der Waals surface area contributed by atoms with Crippen molar-refractivity contribution >= 4 is 47.8 Å². The number of carbonyl (C=O) groups excluding carboxylic acids is 8. The Morgan fingerprint density at radius 2 is 1.15 bits per heavy atom. The van der Waals surface area contributed by atoms with E-state index >= 15 is 4.79 Å². The van der Waals surface area contributed by atoms with Crippen molar-refractivity contribution < 1.29 is 67.2 Å². The smallest absolute Gasteiger partial charge is 0.407 e. The molecule has 0 aliphatic carbocycles. The van der Waals surface area contributed by atoms with Crippen LogP contribution in [0.3, 0.4) is 0 Å². The molecule has 1 heterocycles. The number of carbonyl (C=O) groups is 8. The zero-order valence-electron chi connectivity index (χ0n) is 48.3. The molecule has 0 saturated carbocycles. The fourth-order valence-corrected chi connectivity index (χ4v) is 8.32. The maximum absolute atomic E-state index is 15.2. The van der Waals surface area contributed by atoms with E-state index in [0.717, 1.165) is 21.6 Å². The van der Waals surface area contributed by atoms with E-state index in [9.17, 15) is 38.8 Å². The monoisotopic (exact) mass is 1120 g/mol. The molecule has 81 heavy (non-hydrogen) atoms. The fourth-order valence-electron chi connectivity index (χ4n) is 8.32. The van der Waals surface area contributed by atoms with Gasteiger partial charge >= 0.3 is 18.3 Å². The summed E-state index contributed by atoms with van der Waals surface area (Å²) in [6.45, 7) is 18.7. The predicted molar refractivity (Wildman–Crippen MR) is 301 cm³/mol. The van der Waals surface area contributed by atoms with Crippen LogP contribution in [-0.2, 0) is 39.8 Å². The van der Waals surface area contributed by atoms with E-state index in [4.69, 9.17) is 23.7 Å². The number of likely N-dealkylation sites (N-methyl/N-ethyl adjacent to an activating group) is 1. The number of ether oxygens (including phenoxy) is 5.